The maximum Gasteiger partial charge on any atom is 0.340 e. The maximum absolute atomic E-state index is 12.0. The Morgan fingerprint density at radius 3 is 2.30 bits per heavy atom. The summed E-state index contributed by atoms with van der Waals surface area (Å²) in [6, 6.07) is 10.5. The highest BCUT2D eigenvalue weighted by molar-refractivity contribution is 6.35. The smallest absolute Gasteiger partial charge is 0.340 e. The van der Waals surface area contributed by atoms with Gasteiger partial charge in [-0.1, -0.05) is 23.2 Å². The normalized spacial score (nSPS) is 10.4. The number of esters is 2. The highest BCUT2D eigenvalue weighted by Crippen LogP contribution is 2.21. The summed E-state index contributed by atoms with van der Waals surface area (Å²) in [5, 5.41) is 3.05. The first-order valence-corrected chi connectivity index (χ1v) is 8.75. The van der Waals surface area contributed by atoms with Crippen molar-refractivity contribution in [3.8, 4) is 0 Å². The molecule has 0 aliphatic carbocycles. The second kappa shape index (κ2) is 9.39. The van der Waals surface area contributed by atoms with E-state index in [1.807, 2.05) is 0 Å². The molecular weight excluding hydrogens is 393 g/mol. The molecule has 0 heterocycles. The molecule has 6 nitrogen and oxygen atoms in total. The van der Waals surface area contributed by atoms with Crippen molar-refractivity contribution in [3.63, 3.8) is 0 Å². The zero-order valence-electron chi connectivity index (χ0n) is 14.6. The Hall–Kier alpha value is -2.57. The molecule has 2 aromatic carbocycles. The van der Waals surface area contributed by atoms with Crippen LogP contribution in [0.2, 0.25) is 10.0 Å². The lowest BCUT2D eigenvalue weighted by molar-refractivity contribution is -0.119. The number of rotatable bonds is 6. The first-order chi connectivity index (χ1) is 12.8. The summed E-state index contributed by atoms with van der Waals surface area (Å²) in [7, 11) is 0. The van der Waals surface area contributed by atoms with Crippen LogP contribution in [-0.4, -0.2) is 30.6 Å². The molecular formula is C19H17Cl2NO5. The van der Waals surface area contributed by atoms with Crippen LogP contribution in [0, 0.1) is 0 Å². The summed E-state index contributed by atoms with van der Waals surface area (Å²) >= 11 is 11.7. The van der Waals surface area contributed by atoms with Crippen LogP contribution in [-0.2, 0) is 14.3 Å². The van der Waals surface area contributed by atoms with Gasteiger partial charge < -0.3 is 14.8 Å². The fourth-order valence-corrected chi connectivity index (χ4v) is 2.40. The second-order valence-electron chi connectivity index (χ2n) is 5.78. The fraction of sp³-hybridized carbons (Fsp3) is 0.211. The molecule has 0 bridgehead atoms. The average Bonchev–Trinajstić information content (AvgIpc) is 2.61. The van der Waals surface area contributed by atoms with Crippen molar-refractivity contribution in [1.82, 2.24) is 0 Å². The number of nitrogens with one attached hydrogen (secondary N) is 1. The Morgan fingerprint density at radius 2 is 1.67 bits per heavy atom. The van der Waals surface area contributed by atoms with Crippen LogP contribution < -0.4 is 5.32 Å². The van der Waals surface area contributed by atoms with E-state index in [-0.39, 0.29) is 16.7 Å². The topological polar surface area (TPSA) is 81.7 Å². The molecule has 0 unspecified atom stereocenters. The van der Waals surface area contributed by atoms with Crippen LogP contribution in [0.3, 0.4) is 0 Å². The Morgan fingerprint density at radius 1 is 1.00 bits per heavy atom. The highest BCUT2D eigenvalue weighted by atomic mass is 35.5. The average molecular weight is 410 g/mol. The van der Waals surface area contributed by atoms with Crippen LogP contribution in [0.5, 0.6) is 0 Å². The number of anilines is 1. The third-order valence-electron chi connectivity index (χ3n) is 3.23. The van der Waals surface area contributed by atoms with E-state index in [0.717, 1.165) is 0 Å². The molecule has 0 spiro atoms. The molecule has 2 rings (SSSR count). The molecule has 142 valence electrons. The van der Waals surface area contributed by atoms with Gasteiger partial charge in [0.15, 0.2) is 6.61 Å². The first-order valence-electron chi connectivity index (χ1n) is 7.99. The minimum atomic E-state index is -0.760. The van der Waals surface area contributed by atoms with E-state index in [4.69, 9.17) is 32.7 Å². The van der Waals surface area contributed by atoms with Crippen LogP contribution in [0.4, 0.5) is 5.69 Å². The zero-order valence-corrected chi connectivity index (χ0v) is 16.1. The fourth-order valence-electron chi connectivity index (χ4n) is 2.03. The zero-order chi connectivity index (χ0) is 20.0. The lowest BCUT2D eigenvalue weighted by atomic mass is 10.2. The first kappa shape index (κ1) is 20.7. The maximum atomic E-state index is 12.0. The number of ether oxygens (including phenoxy) is 2. The van der Waals surface area contributed by atoms with Gasteiger partial charge in [-0.15, -0.1) is 0 Å². The Labute approximate surface area is 166 Å². The number of hydrogen-bond acceptors (Lipinski definition) is 5. The molecule has 1 N–H and O–H groups in total. The van der Waals surface area contributed by atoms with Crippen LogP contribution in [0.25, 0.3) is 0 Å². The van der Waals surface area contributed by atoms with E-state index < -0.39 is 24.5 Å². The van der Waals surface area contributed by atoms with E-state index >= 15 is 0 Å². The third kappa shape index (κ3) is 6.27. The van der Waals surface area contributed by atoms with Crippen molar-refractivity contribution in [2.75, 3.05) is 11.9 Å². The van der Waals surface area contributed by atoms with Crippen LogP contribution in [0.1, 0.15) is 34.6 Å². The third-order valence-corrected chi connectivity index (χ3v) is 3.79. The van der Waals surface area contributed by atoms with Gasteiger partial charge >= 0.3 is 11.9 Å². The molecule has 0 fully saturated rings. The molecule has 2 aromatic rings. The quantitative estimate of drug-likeness (QED) is 0.716. The molecule has 8 heteroatoms. The predicted octanol–water partition coefficient (Wildman–Crippen LogP) is 4.35. The minimum Gasteiger partial charge on any atom is -0.459 e. The molecule has 1 amide bonds. The van der Waals surface area contributed by atoms with E-state index in [1.54, 1.807) is 26.0 Å². The van der Waals surface area contributed by atoms with Crippen molar-refractivity contribution in [3.05, 3.63) is 63.6 Å². The molecule has 0 aliphatic rings. The van der Waals surface area contributed by atoms with Gasteiger partial charge in [-0.05, 0) is 56.3 Å². The standard InChI is InChI=1S/C19H17Cl2NO5/c1-11(2)27-18(24)12-3-6-14(7-4-12)22-17(23)10-26-19(25)15-9-13(20)5-8-16(15)21/h3-9,11H,10H2,1-2H3,(H,22,23). The largest absolute Gasteiger partial charge is 0.459 e. The highest BCUT2D eigenvalue weighted by Gasteiger charge is 2.15. The van der Waals surface area contributed by atoms with Crippen molar-refractivity contribution in [1.29, 1.82) is 0 Å². The predicted molar refractivity (Wildman–Crippen MR) is 102 cm³/mol. The van der Waals surface area contributed by atoms with Gasteiger partial charge in [0.05, 0.1) is 22.3 Å². The van der Waals surface area contributed by atoms with Gasteiger partial charge in [0.1, 0.15) is 0 Å². The molecule has 0 saturated carbocycles. The van der Waals surface area contributed by atoms with Crippen molar-refractivity contribution in [2.45, 2.75) is 20.0 Å². The van der Waals surface area contributed by atoms with Crippen LogP contribution >= 0.6 is 23.2 Å². The summed E-state index contributed by atoms with van der Waals surface area (Å²) in [5.41, 5.74) is 0.881. The summed E-state index contributed by atoms with van der Waals surface area (Å²) in [6.07, 6.45) is -0.223. The summed E-state index contributed by atoms with van der Waals surface area (Å²) in [5.74, 6) is -1.75. The number of hydrogen-bond donors (Lipinski definition) is 1. The van der Waals surface area contributed by atoms with E-state index in [0.29, 0.717) is 16.3 Å². The SMILES string of the molecule is CC(C)OC(=O)c1ccc(NC(=O)COC(=O)c2cc(Cl)ccc2Cl)cc1. The van der Waals surface area contributed by atoms with Crippen molar-refractivity contribution in [2.24, 2.45) is 0 Å². The van der Waals surface area contributed by atoms with Crippen molar-refractivity contribution < 1.29 is 23.9 Å². The molecule has 0 radical (unpaired) electrons. The van der Waals surface area contributed by atoms with Crippen molar-refractivity contribution >= 4 is 46.7 Å². The second-order valence-corrected chi connectivity index (χ2v) is 6.62. The van der Waals surface area contributed by atoms with E-state index in [9.17, 15) is 14.4 Å². The lowest BCUT2D eigenvalue weighted by Crippen LogP contribution is -2.21. The number of amides is 1. The summed E-state index contributed by atoms with van der Waals surface area (Å²) in [4.78, 5) is 35.7. The van der Waals surface area contributed by atoms with Crippen LogP contribution in [0.15, 0.2) is 42.5 Å². The molecule has 0 aliphatic heterocycles. The summed E-state index contributed by atoms with van der Waals surface area (Å²) in [6.45, 7) is 3.01. The summed E-state index contributed by atoms with van der Waals surface area (Å²) < 4.78 is 10.0. The molecule has 27 heavy (non-hydrogen) atoms. The number of halogens is 2. The Balaban J connectivity index is 1.89. The van der Waals surface area contributed by atoms with Gasteiger partial charge in [-0.25, -0.2) is 9.59 Å². The van der Waals surface area contributed by atoms with E-state index in [2.05, 4.69) is 5.32 Å². The minimum absolute atomic E-state index is 0.0741. The monoisotopic (exact) mass is 409 g/mol. The number of carbonyl (C=O) groups is 3. The lowest BCUT2D eigenvalue weighted by Gasteiger charge is -2.09. The van der Waals surface area contributed by atoms with Gasteiger partial charge in [0.25, 0.3) is 5.91 Å². The van der Waals surface area contributed by atoms with Gasteiger partial charge in [-0.3, -0.25) is 4.79 Å². The van der Waals surface area contributed by atoms with Gasteiger partial charge in [0.2, 0.25) is 0 Å². The molecule has 0 saturated heterocycles. The Kier molecular flexibility index (Phi) is 7.21. The number of carbonyl (C=O) groups excluding carboxylic acids is 3. The molecule has 0 atom stereocenters. The van der Waals surface area contributed by atoms with Gasteiger partial charge in [-0.2, -0.15) is 0 Å². The van der Waals surface area contributed by atoms with E-state index in [1.165, 1.54) is 30.3 Å². The van der Waals surface area contributed by atoms with Gasteiger partial charge in [0, 0.05) is 10.7 Å². The molecule has 0 aromatic heterocycles. The Bertz CT molecular complexity index is 850. The number of benzene rings is 2.